The fraction of sp³-hybridized carbons (Fsp3) is 0.174. The molecule has 29 heavy (non-hydrogen) atoms. The van der Waals surface area contributed by atoms with Crippen molar-refractivity contribution in [1.82, 2.24) is 4.90 Å². The molecule has 3 aromatic rings. The summed E-state index contributed by atoms with van der Waals surface area (Å²) in [5.74, 6) is -0.215. The zero-order valence-corrected chi connectivity index (χ0v) is 16.5. The zero-order valence-electron chi connectivity index (χ0n) is 16.5. The lowest BCUT2D eigenvalue weighted by atomic mass is 9.99. The van der Waals surface area contributed by atoms with Crippen LogP contribution in [-0.4, -0.2) is 29.3 Å². The number of nitrogens with one attached hydrogen (secondary N) is 1. The fourth-order valence-electron chi connectivity index (χ4n) is 3.30. The molecule has 0 unspecified atom stereocenters. The SMILES string of the molecule is Cc1c(NC(=O)CN(C)Cc2ccccc2-c2ccccc2)cccc1[N+](=O)[O-]. The molecule has 1 N–H and O–H groups in total. The van der Waals surface area contributed by atoms with Crippen molar-refractivity contribution in [2.24, 2.45) is 0 Å². The Balaban J connectivity index is 1.68. The number of rotatable bonds is 7. The summed E-state index contributed by atoms with van der Waals surface area (Å²) in [5, 5.41) is 13.9. The van der Waals surface area contributed by atoms with Crippen LogP contribution < -0.4 is 5.32 Å². The van der Waals surface area contributed by atoms with Crippen LogP contribution in [0.5, 0.6) is 0 Å². The highest BCUT2D eigenvalue weighted by Gasteiger charge is 2.16. The maximum atomic E-state index is 12.5. The van der Waals surface area contributed by atoms with Gasteiger partial charge in [0.1, 0.15) is 0 Å². The minimum atomic E-state index is -0.447. The Labute approximate surface area is 169 Å². The van der Waals surface area contributed by atoms with E-state index in [1.54, 1.807) is 19.1 Å². The number of nitro groups is 1. The molecule has 0 atom stereocenters. The minimum Gasteiger partial charge on any atom is -0.324 e. The number of hydrogen-bond donors (Lipinski definition) is 1. The normalized spacial score (nSPS) is 10.7. The standard InChI is InChI=1S/C23H23N3O3/c1-17-21(13-8-14-22(17)26(28)29)24-23(27)16-25(2)15-19-11-6-7-12-20(19)18-9-4-3-5-10-18/h3-14H,15-16H2,1-2H3,(H,24,27). The molecule has 0 aliphatic carbocycles. The number of carbonyl (C=O) groups is 1. The Hall–Kier alpha value is -3.51. The van der Waals surface area contributed by atoms with Gasteiger partial charge >= 0.3 is 0 Å². The molecule has 3 rings (SSSR count). The Morgan fingerprint density at radius 1 is 1.00 bits per heavy atom. The van der Waals surface area contributed by atoms with Gasteiger partial charge in [-0.1, -0.05) is 60.7 Å². The van der Waals surface area contributed by atoms with E-state index in [2.05, 4.69) is 29.6 Å². The van der Waals surface area contributed by atoms with E-state index in [0.29, 0.717) is 17.8 Å². The first kappa shape index (κ1) is 20.2. The molecule has 0 aromatic heterocycles. The highest BCUT2D eigenvalue weighted by Crippen LogP contribution is 2.26. The van der Waals surface area contributed by atoms with E-state index in [4.69, 9.17) is 0 Å². The van der Waals surface area contributed by atoms with Gasteiger partial charge in [-0.15, -0.1) is 0 Å². The van der Waals surface area contributed by atoms with Crippen LogP contribution in [0.4, 0.5) is 11.4 Å². The number of nitrogens with zero attached hydrogens (tertiary/aromatic N) is 2. The van der Waals surface area contributed by atoms with Crippen LogP contribution in [0.3, 0.4) is 0 Å². The van der Waals surface area contributed by atoms with Gasteiger partial charge in [0, 0.05) is 12.6 Å². The smallest absolute Gasteiger partial charge is 0.274 e. The Kier molecular flexibility index (Phi) is 6.36. The van der Waals surface area contributed by atoms with E-state index in [0.717, 1.165) is 16.7 Å². The quantitative estimate of drug-likeness (QED) is 0.472. The van der Waals surface area contributed by atoms with Crippen molar-refractivity contribution in [3.05, 3.63) is 94.0 Å². The van der Waals surface area contributed by atoms with E-state index in [-0.39, 0.29) is 18.1 Å². The van der Waals surface area contributed by atoms with Crippen LogP contribution >= 0.6 is 0 Å². The lowest BCUT2D eigenvalue weighted by Gasteiger charge is -2.19. The van der Waals surface area contributed by atoms with Gasteiger partial charge in [-0.3, -0.25) is 19.8 Å². The third-order valence-corrected chi connectivity index (χ3v) is 4.73. The Morgan fingerprint density at radius 3 is 2.41 bits per heavy atom. The first-order valence-corrected chi connectivity index (χ1v) is 9.31. The number of likely N-dealkylation sites (N-methyl/N-ethyl adjacent to an activating group) is 1. The minimum absolute atomic E-state index is 0.00653. The molecule has 1 amide bonds. The van der Waals surface area contributed by atoms with Crippen molar-refractivity contribution in [3.8, 4) is 11.1 Å². The lowest BCUT2D eigenvalue weighted by Crippen LogP contribution is -2.30. The van der Waals surface area contributed by atoms with Crippen molar-refractivity contribution in [3.63, 3.8) is 0 Å². The molecule has 0 fully saturated rings. The van der Waals surface area contributed by atoms with Crippen LogP contribution in [0, 0.1) is 17.0 Å². The first-order valence-electron chi connectivity index (χ1n) is 9.31. The molecule has 6 heteroatoms. The van der Waals surface area contributed by atoms with Crippen LogP contribution in [0.2, 0.25) is 0 Å². The second-order valence-corrected chi connectivity index (χ2v) is 6.95. The molecular formula is C23H23N3O3. The van der Waals surface area contributed by atoms with Gasteiger partial charge in [0.15, 0.2) is 0 Å². The van der Waals surface area contributed by atoms with Gasteiger partial charge in [0.05, 0.1) is 22.7 Å². The second-order valence-electron chi connectivity index (χ2n) is 6.95. The van der Waals surface area contributed by atoms with Crippen molar-refractivity contribution >= 4 is 17.3 Å². The maximum Gasteiger partial charge on any atom is 0.274 e. The highest BCUT2D eigenvalue weighted by atomic mass is 16.6. The summed E-state index contributed by atoms with van der Waals surface area (Å²) in [5.41, 5.74) is 4.29. The Morgan fingerprint density at radius 2 is 1.69 bits per heavy atom. The fourth-order valence-corrected chi connectivity index (χ4v) is 3.30. The van der Waals surface area contributed by atoms with Crippen molar-refractivity contribution < 1.29 is 9.72 Å². The van der Waals surface area contributed by atoms with Crippen LogP contribution in [0.15, 0.2) is 72.8 Å². The number of hydrogen-bond acceptors (Lipinski definition) is 4. The van der Waals surface area contributed by atoms with E-state index in [1.165, 1.54) is 6.07 Å². The van der Waals surface area contributed by atoms with E-state index in [1.807, 2.05) is 42.3 Å². The molecule has 0 aliphatic rings. The van der Waals surface area contributed by atoms with Crippen molar-refractivity contribution in [1.29, 1.82) is 0 Å². The average Bonchev–Trinajstić information content (AvgIpc) is 2.70. The predicted octanol–water partition coefficient (Wildman–Crippen LogP) is 4.64. The molecule has 0 saturated carbocycles. The van der Waals surface area contributed by atoms with E-state index < -0.39 is 4.92 Å². The van der Waals surface area contributed by atoms with Crippen LogP contribution in [0.25, 0.3) is 11.1 Å². The number of carbonyl (C=O) groups excluding carboxylic acids is 1. The van der Waals surface area contributed by atoms with E-state index >= 15 is 0 Å². The van der Waals surface area contributed by atoms with Gasteiger partial charge < -0.3 is 5.32 Å². The van der Waals surface area contributed by atoms with Crippen molar-refractivity contribution in [2.45, 2.75) is 13.5 Å². The van der Waals surface area contributed by atoms with Gasteiger partial charge in [-0.05, 0) is 36.7 Å². The molecule has 0 saturated heterocycles. The van der Waals surface area contributed by atoms with Crippen molar-refractivity contribution in [2.75, 3.05) is 18.9 Å². The average molecular weight is 389 g/mol. The monoisotopic (exact) mass is 389 g/mol. The topological polar surface area (TPSA) is 75.5 Å². The molecule has 6 nitrogen and oxygen atoms in total. The van der Waals surface area contributed by atoms with Gasteiger partial charge in [-0.2, -0.15) is 0 Å². The van der Waals surface area contributed by atoms with Gasteiger partial charge in [-0.25, -0.2) is 0 Å². The Bertz CT molecular complexity index is 1020. The molecule has 148 valence electrons. The number of benzene rings is 3. The molecule has 0 bridgehead atoms. The largest absolute Gasteiger partial charge is 0.324 e. The molecule has 0 heterocycles. The number of anilines is 1. The summed E-state index contributed by atoms with van der Waals surface area (Å²) in [6, 6.07) is 22.9. The van der Waals surface area contributed by atoms with Gasteiger partial charge in [0.2, 0.25) is 5.91 Å². The predicted molar refractivity (Wildman–Crippen MR) is 115 cm³/mol. The summed E-state index contributed by atoms with van der Waals surface area (Å²) in [6.45, 7) is 2.41. The number of nitro benzene ring substituents is 1. The summed E-state index contributed by atoms with van der Waals surface area (Å²) >= 11 is 0. The van der Waals surface area contributed by atoms with Crippen LogP contribution in [-0.2, 0) is 11.3 Å². The van der Waals surface area contributed by atoms with E-state index in [9.17, 15) is 14.9 Å². The van der Waals surface area contributed by atoms with Crippen LogP contribution in [0.1, 0.15) is 11.1 Å². The molecule has 0 spiro atoms. The molecule has 3 aromatic carbocycles. The lowest BCUT2D eigenvalue weighted by molar-refractivity contribution is -0.385. The van der Waals surface area contributed by atoms with Gasteiger partial charge in [0.25, 0.3) is 5.69 Å². The maximum absolute atomic E-state index is 12.5. The zero-order chi connectivity index (χ0) is 20.8. The summed E-state index contributed by atoms with van der Waals surface area (Å²) in [6.07, 6.45) is 0. The highest BCUT2D eigenvalue weighted by molar-refractivity contribution is 5.93. The third-order valence-electron chi connectivity index (χ3n) is 4.73. The summed E-state index contributed by atoms with van der Waals surface area (Å²) in [7, 11) is 1.88. The summed E-state index contributed by atoms with van der Waals surface area (Å²) < 4.78 is 0. The summed E-state index contributed by atoms with van der Waals surface area (Å²) in [4.78, 5) is 25.0. The molecule has 0 aliphatic heterocycles. The molecule has 0 radical (unpaired) electrons. The number of amides is 1. The molecular weight excluding hydrogens is 366 g/mol. The first-order chi connectivity index (χ1) is 14.0. The second kappa shape index (κ2) is 9.12. The third kappa shape index (κ3) is 5.06.